The number of carbonyl (C=O) groups is 3. The quantitative estimate of drug-likeness (QED) is 0.656. The minimum atomic E-state index is -0.802. The highest BCUT2D eigenvalue weighted by atomic mass is 16.2. The average Bonchev–Trinajstić information content (AvgIpc) is 2.93. The van der Waals surface area contributed by atoms with Gasteiger partial charge >= 0.3 is 6.03 Å². The molecule has 1 aromatic heterocycles. The number of Topliss-reactive ketones (excluding diaryl/α,β-unsaturated/α-hetero) is 1. The van der Waals surface area contributed by atoms with Gasteiger partial charge in [0, 0.05) is 22.2 Å². The summed E-state index contributed by atoms with van der Waals surface area (Å²) in [6.45, 7) is 1.63. The number of H-pyrrole nitrogens is 1. The number of aromatic amines is 1. The van der Waals surface area contributed by atoms with E-state index in [1.54, 1.807) is 0 Å². The number of nitrogens with zero attached hydrogens (tertiary/aromatic N) is 1. The standard InChI is InChI=1S/C20H23N3O3/c1-13-17(14-8-4-5-9-15(14)21-13)16(24)12-23-18(25)20(22-19(23)26)10-6-2-3-7-11-20/h4-5,8-9,21H,2-3,6-7,10-12H2,1H3,(H,22,26). The molecule has 6 heteroatoms. The van der Waals surface area contributed by atoms with Crippen LogP contribution in [0.1, 0.15) is 54.6 Å². The largest absolute Gasteiger partial charge is 0.358 e. The zero-order valence-corrected chi connectivity index (χ0v) is 14.9. The van der Waals surface area contributed by atoms with Gasteiger partial charge < -0.3 is 10.3 Å². The SMILES string of the molecule is Cc1[nH]c2ccccc2c1C(=O)CN1C(=O)NC2(CCCCCC2)C1=O. The number of hydrogen-bond acceptors (Lipinski definition) is 3. The molecule has 4 rings (SSSR count). The number of urea groups is 1. The molecule has 6 nitrogen and oxygen atoms in total. The van der Waals surface area contributed by atoms with Crippen molar-refractivity contribution in [1.82, 2.24) is 15.2 Å². The van der Waals surface area contributed by atoms with Crippen molar-refractivity contribution >= 4 is 28.6 Å². The van der Waals surface area contributed by atoms with Crippen molar-refractivity contribution in [2.75, 3.05) is 6.54 Å². The van der Waals surface area contributed by atoms with Crippen LogP contribution in [0, 0.1) is 6.92 Å². The maximum absolute atomic E-state index is 13.0. The molecule has 136 valence electrons. The Balaban J connectivity index is 1.60. The second kappa shape index (κ2) is 6.27. The Morgan fingerprint density at radius 2 is 1.81 bits per heavy atom. The first-order valence-electron chi connectivity index (χ1n) is 9.26. The van der Waals surface area contributed by atoms with Crippen LogP contribution in [0.3, 0.4) is 0 Å². The Bertz CT molecular complexity index is 891. The monoisotopic (exact) mass is 353 g/mol. The van der Waals surface area contributed by atoms with E-state index < -0.39 is 11.6 Å². The molecule has 1 saturated heterocycles. The lowest BCUT2D eigenvalue weighted by Gasteiger charge is -2.24. The van der Waals surface area contributed by atoms with Gasteiger partial charge in [0.1, 0.15) is 5.54 Å². The fourth-order valence-corrected chi connectivity index (χ4v) is 4.35. The maximum Gasteiger partial charge on any atom is 0.325 e. The number of rotatable bonds is 3. The molecule has 3 amide bonds. The van der Waals surface area contributed by atoms with E-state index in [1.165, 1.54) is 0 Å². The van der Waals surface area contributed by atoms with Crippen molar-refractivity contribution in [2.24, 2.45) is 0 Å². The van der Waals surface area contributed by atoms with Crippen LogP contribution in [0.25, 0.3) is 10.9 Å². The number of aryl methyl sites for hydroxylation is 1. The van der Waals surface area contributed by atoms with E-state index in [0.29, 0.717) is 18.4 Å². The van der Waals surface area contributed by atoms with Gasteiger partial charge in [0.2, 0.25) is 0 Å². The molecule has 26 heavy (non-hydrogen) atoms. The van der Waals surface area contributed by atoms with Gasteiger partial charge in [-0.25, -0.2) is 4.79 Å². The molecule has 0 radical (unpaired) electrons. The zero-order chi connectivity index (χ0) is 18.3. The molecule has 1 spiro atoms. The highest BCUT2D eigenvalue weighted by Crippen LogP contribution is 2.33. The number of para-hydroxylation sites is 1. The van der Waals surface area contributed by atoms with Crippen LogP contribution in [0.2, 0.25) is 0 Å². The number of benzene rings is 1. The van der Waals surface area contributed by atoms with Gasteiger partial charge in [-0.3, -0.25) is 14.5 Å². The first kappa shape index (κ1) is 16.8. The van der Waals surface area contributed by atoms with Crippen molar-refractivity contribution in [3.05, 3.63) is 35.5 Å². The number of fused-ring (bicyclic) bond motifs is 1. The molecule has 1 saturated carbocycles. The summed E-state index contributed by atoms with van der Waals surface area (Å²) in [6.07, 6.45) is 5.34. The summed E-state index contributed by atoms with van der Waals surface area (Å²) >= 11 is 0. The molecule has 2 N–H and O–H groups in total. The van der Waals surface area contributed by atoms with Crippen LogP contribution in [-0.2, 0) is 4.79 Å². The van der Waals surface area contributed by atoms with Crippen molar-refractivity contribution in [3.8, 4) is 0 Å². The third-order valence-electron chi connectivity index (χ3n) is 5.68. The Hall–Kier alpha value is -2.63. The molecular formula is C20H23N3O3. The lowest BCUT2D eigenvalue weighted by Crippen LogP contribution is -2.46. The number of nitrogens with one attached hydrogen (secondary N) is 2. The van der Waals surface area contributed by atoms with Gasteiger partial charge in [0.25, 0.3) is 5.91 Å². The molecule has 2 aliphatic rings. The van der Waals surface area contributed by atoms with Gasteiger partial charge in [-0.1, -0.05) is 43.9 Å². The van der Waals surface area contributed by atoms with E-state index in [1.807, 2.05) is 31.2 Å². The Morgan fingerprint density at radius 3 is 2.54 bits per heavy atom. The zero-order valence-electron chi connectivity index (χ0n) is 14.9. The predicted molar refractivity (Wildman–Crippen MR) is 98.0 cm³/mol. The number of aromatic nitrogens is 1. The fourth-order valence-electron chi connectivity index (χ4n) is 4.35. The minimum Gasteiger partial charge on any atom is -0.358 e. The molecule has 0 atom stereocenters. The van der Waals surface area contributed by atoms with Gasteiger partial charge in [0.15, 0.2) is 5.78 Å². The van der Waals surface area contributed by atoms with Gasteiger partial charge in [-0.15, -0.1) is 0 Å². The molecule has 0 unspecified atom stereocenters. The second-order valence-electron chi connectivity index (χ2n) is 7.41. The summed E-state index contributed by atoms with van der Waals surface area (Å²) in [5.74, 6) is -0.454. The second-order valence-corrected chi connectivity index (χ2v) is 7.41. The van der Waals surface area contributed by atoms with Gasteiger partial charge in [-0.2, -0.15) is 0 Å². The molecular weight excluding hydrogens is 330 g/mol. The summed E-state index contributed by atoms with van der Waals surface area (Å²) in [6, 6.07) is 7.13. The third kappa shape index (κ3) is 2.60. The summed E-state index contributed by atoms with van der Waals surface area (Å²) < 4.78 is 0. The van der Waals surface area contributed by atoms with Crippen LogP contribution < -0.4 is 5.32 Å². The Kier molecular flexibility index (Phi) is 4.05. The third-order valence-corrected chi connectivity index (χ3v) is 5.68. The van der Waals surface area contributed by atoms with E-state index in [2.05, 4.69) is 10.3 Å². The summed E-state index contributed by atoms with van der Waals surface area (Å²) in [4.78, 5) is 42.7. The van der Waals surface area contributed by atoms with Crippen molar-refractivity contribution in [3.63, 3.8) is 0 Å². The van der Waals surface area contributed by atoms with Gasteiger partial charge in [-0.05, 0) is 25.8 Å². The minimum absolute atomic E-state index is 0.213. The number of carbonyl (C=O) groups excluding carboxylic acids is 3. The highest BCUT2D eigenvalue weighted by molar-refractivity contribution is 6.15. The summed E-state index contributed by atoms with van der Waals surface area (Å²) in [7, 11) is 0. The van der Waals surface area contributed by atoms with E-state index >= 15 is 0 Å². The molecule has 1 aliphatic heterocycles. The first-order valence-corrected chi connectivity index (χ1v) is 9.26. The first-order chi connectivity index (χ1) is 12.5. The van der Waals surface area contributed by atoms with Crippen LogP contribution >= 0.6 is 0 Å². The van der Waals surface area contributed by atoms with Gasteiger partial charge in [0.05, 0.1) is 6.54 Å². The van der Waals surface area contributed by atoms with E-state index in [-0.39, 0.29) is 18.2 Å². The topological polar surface area (TPSA) is 82.3 Å². The number of hydrogen-bond donors (Lipinski definition) is 2. The fraction of sp³-hybridized carbons (Fsp3) is 0.450. The lowest BCUT2D eigenvalue weighted by atomic mass is 9.90. The Morgan fingerprint density at radius 1 is 1.12 bits per heavy atom. The van der Waals surface area contributed by atoms with Crippen molar-refractivity contribution < 1.29 is 14.4 Å². The molecule has 2 aromatic rings. The van der Waals surface area contributed by atoms with Crippen LogP contribution in [0.4, 0.5) is 4.79 Å². The number of ketones is 1. The molecule has 1 aliphatic carbocycles. The van der Waals surface area contributed by atoms with Crippen LogP contribution in [0.15, 0.2) is 24.3 Å². The van der Waals surface area contributed by atoms with E-state index in [0.717, 1.165) is 47.2 Å². The van der Waals surface area contributed by atoms with E-state index in [9.17, 15) is 14.4 Å². The summed E-state index contributed by atoms with van der Waals surface area (Å²) in [5.41, 5.74) is 1.39. The normalized spacial score (nSPS) is 19.8. The lowest BCUT2D eigenvalue weighted by molar-refractivity contribution is -0.131. The van der Waals surface area contributed by atoms with Crippen molar-refractivity contribution in [1.29, 1.82) is 0 Å². The predicted octanol–water partition coefficient (Wildman–Crippen LogP) is 3.30. The average molecular weight is 353 g/mol. The Labute approximate surface area is 151 Å². The highest BCUT2D eigenvalue weighted by Gasteiger charge is 2.51. The molecule has 1 aromatic carbocycles. The molecule has 2 fully saturated rings. The van der Waals surface area contributed by atoms with E-state index in [4.69, 9.17) is 0 Å². The van der Waals surface area contributed by atoms with Crippen molar-refractivity contribution in [2.45, 2.75) is 51.0 Å². The summed E-state index contributed by atoms with van der Waals surface area (Å²) in [5, 5.41) is 3.71. The van der Waals surface area contributed by atoms with Crippen LogP contribution in [-0.4, -0.2) is 39.7 Å². The number of amides is 3. The van der Waals surface area contributed by atoms with Crippen LogP contribution in [0.5, 0.6) is 0 Å². The molecule has 0 bridgehead atoms. The maximum atomic E-state index is 13.0. The number of imide groups is 1. The molecule has 2 heterocycles. The smallest absolute Gasteiger partial charge is 0.325 e.